The monoisotopic (exact) mass is 549 g/mol. The largest absolute Gasteiger partial charge is 0.395 e. The van der Waals surface area contributed by atoms with Gasteiger partial charge >= 0.3 is 0 Å². The molecule has 3 unspecified atom stereocenters. The molecule has 3 heterocycles. The van der Waals surface area contributed by atoms with E-state index < -0.39 is 35.1 Å². The fraction of sp³-hybridized carbons (Fsp3) is 0.654. The number of alkyl halides is 1. The summed E-state index contributed by atoms with van der Waals surface area (Å²) in [6.45, 7) is 9.98. The number of β-amino-alcohol motifs (C(OH)–C–C–N with tert-alkyl or cyclic N) is 1. The number of ether oxygens (including phenoxy) is 1. The minimum atomic E-state index is -1.13. The normalized spacial score (nSPS) is 32.0. The van der Waals surface area contributed by atoms with Gasteiger partial charge in [-0.1, -0.05) is 54.9 Å². The van der Waals surface area contributed by atoms with Gasteiger partial charge in [0.15, 0.2) is 0 Å². The standard InChI is InChI=1S/C26H36BrN3O5/c1-24(2,3)14-25(4,5)29-22(33)20-26-13-16(27)19(35-26)17(18(26)23(34)30(20)11-12-31)21(32)28-15-9-7-6-8-10-15/h6-10,16-20,31H,11-14H2,1-5H3,(H,28,32)(H,29,33)/t16?,17-,18+,19-,20?,26?/m1/s1. The lowest BCUT2D eigenvalue weighted by Crippen LogP contribution is -2.59. The van der Waals surface area contributed by atoms with Gasteiger partial charge in [-0.25, -0.2) is 0 Å². The number of carbonyl (C=O) groups is 3. The van der Waals surface area contributed by atoms with Crippen LogP contribution in [0.2, 0.25) is 0 Å². The Labute approximate surface area is 215 Å². The van der Waals surface area contributed by atoms with E-state index in [-0.39, 0.29) is 41.1 Å². The van der Waals surface area contributed by atoms with Crippen LogP contribution in [0.5, 0.6) is 0 Å². The SMILES string of the molecule is CC(C)(C)CC(C)(C)NC(=O)C1N(CCO)C(=O)[C@@H]2[C@@H](C(=O)Nc3ccccc3)[C@@H]3OC12CC3Br. The lowest BCUT2D eigenvalue weighted by molar-refractivity contribution is -0.142. The van der Waals surface area contributed by atoms with Crippen molar-refractivity contribution in [2.75, 3.05) is 18.5 Å². The van der Waals surface area contributed by atoms with Gasteiger partial charge in [0.2, 0.25) is 17.7 Å². The molecule has 1 aromatic rings. The maximum absolute atomic E-state index is 13.8. The van der Waals surface area contributed by atoms with Crippen LogP contribution in [0.15, 0.2) is 30.3 Å². The van der Waals surface area contributed by atoms with Gasteiger partial charge < -0.3 is 25.4 Å². The van der Waals surface area contributed by atoms with E-state index in [0.717, 1.165) is 6.42 Å². The topological polar surface area (TPSA) is 108 Å². The van der Waals surface area contributed by atoms with Crippen molar-refractivity contribution in [3.8, 4) is 0 Å². The van der Waals surface area contributed by atoms with Crippen molar-refractivity contribution in [2.45, 2.75) is 75.6 Å². The molecular weight excluding hydrogens is 514 g/mol. The molecule has 6 atom stereocenters. The van der Waals surface area contributed by atoms with E-state index >= 15 is 0 Å². The second-order valence-electron chi connectivity index (χ2n) is 11.9. The van der Waals surface area contributed by atoms with Crippen molar-refractivity contribution < 1.29 is 24.2 Å². The number of hydrogen-bond donors (Lipinski definition) is 3. The fourth-order valence-corrected chi connectivity index (χ4v) is 7.54. The number of nitrogens with zero attached hydrogens (tertiary/aromatic N) is 1. The average molecular weight is 550 g/mol. The molecule has 0 aliphatic carbocycles. The number of fused-ring (bicyclic) bond motifs is 1. The summed E-state index contributed by atoms with van der Waals surface area (Å²) in [6.07, 6.45) is 0.639. The first-order valence-electron chi connectivity index (χ1n) is 12.2. The Bertz CT molecular complexity index is 994. The Morgan fingerprint density at radius 1 is 1.17 bits per heavy atom. The van der Waals surface area contributed by atoms with Crippen LogP contribution < -0.4 is 10.6 Å². The van der Waals surface area contributed by atoms with Gasteiger partial charge in [-0.05, 0) is 44.2 Å². The molecule has 3 N–H and O–H groups in total. The zero-order valence-corrected chi connectivity index (χ0v) is 22.6. The van der Waals surface area contributed by atoms with Crippen LogP contribution in [0.1, 0.15) is 47.5 Å². The van der Waals surface area contributed by atoms with Crippen molar-refractivity contribution in [2.24, 2.45) is 17.3 Å². The molecule has 192 valence electrons. The number of nitrogens with one attached hydrogen (secondary N) is 2. The Hall–Kier alpha value is -1.97. The molecule has 3 aliphatic heterocycles. The first-order valence-corrected chi connectivity index (χ1v) is 13.1. The van der Waals surface area contributed by atoms with E-state index in [9.17, 15) is 19.5 Å². The van der Waals surface area contributed by atoms with Gasteiger partial charge in [0.25, 0.3) is 0 Å². The van der Waals surface area contributed by atoms with Gasteiger partial charge in [0.05, 0.1) is 24.5 Å². The highest BCUT2D eigenvalue weighted by Gasteiger charge is 2.76. The van der Waals surface area contributed by atoms with Crippen LogP contribution in [0, 0.1) is 17.3 Å². The fourth-order valence-electron chi connectivity index (χ4n) is 6.60. The molecule has 1 aromatic carbocycles. The van der Waals surface area contributed by atoms with Gasteiger partial charge in [-0.2, -0.15) is 0 Å². The predicted molar refractivity (Wildman–Crippen MR) is 136 cm³/mol. The highest BCUT2D eigenvalue weighted by Crippen LogP contribution is 2.60. The lowest BCUT2D eigenvalue weighted by atomic mass is 9.70. The highest BCUT2D eigenvalue weighted by atomic mass is 79.9. The minimum Gasteiger partial charge on any atom is -0.395 e. The van der Waals surface area contributed by atoms with Crippen molar-refractivity contribution in [3.05, 3.63) is 30.3 Å². The van der Waals surface area contributed by atoms with E-state index in [1.165, 1.54) is 4.90 Å². The number of carbonyl (C=O) groups excluding carboxylic acids is 3. The second kappa shape index (κ2) is 9.16. The molecule has 9 heteroatoms. The summed E-state index contributed by atoms with van der Waals surface area (Å²) in [6, 6.07) is 8.16. The summed E-state index contributed by atoms with van der Waals surface area (Å²) in [4.78, 5) is 42.2. The minimum absolute atomic E-state index is 0.00285. The average Bonchev–Trinajstić information content (AvgIpc) is 3.30. The molecule has 3 fully saturated rings. The molecule has 2 bridgehead atoms. The molecule has 1 spiro atoms. The van der Waals surface area contributed by atoms with E-state index in [1.54, 1.807) is 12.1 Å². The maximum atomic E-state index is 13.8. The number of rotatable bonds is 7. The first-order chi connectivity index (χ1) is 16.3. The molecule has 4 rings (SSSR count). The van der Waals surface area contributed by atoms with Gasteiger partial charge in [-0.15, -0.1) is 0 Å². The van der Waals surface area contributed by atoms with Crippen LogP contribution in [-0.4, -0.2) is 69.0 Å². The zero-order chi connectivity index (χ0) is 25.8. The number of benzene rings is 1. The Morgan fingerprint density at radius 2 is 1.83 bits per heavy atom. The third kappa shape index (κ3) is 4.74. The van der Waals surface area contributed by atoms with Crippen molar-refractivity contribution >= 4 is 39.3 Å². The van der Waals surface area contributed by atoms with Gasteiger partial charge in [0.1, 0.15) is 11.6 Å². The van der Waals surface area contributed by atoms with Crippen LogP contribution in [0.25, 0.3) is 0 Å². The third-order valence-corrected chi connectivity index (χ3v) is 8.00. The van der Waals surface area contributed by atoms with Crippen LogP contribution in [0.4, 0.5) is 5.69 Å². The molecule has 0 aromatic heterocycles. The molecule has 3 aliphatic rings. The lowest BCUT2D eigenvalue weighted by Gasteiger charge is -2.38. The van der Waals surface area contributed by atoms with Gasteiger partial charge in [0, 0.05) is 22.6 Å². The summed E-state index contributed by atoms with van der Waals surface area (Å²) in [5, 5.41) is 15.8. The molecule has 0 saturated carbocycles. The number of halogens is 1. The maximum Gasteiger partial charge on any atom is 0.246 e. The van der Waals surface area contributed by atoms with Crippen molar-refractivity contribution in [1.82, 2.24) is 10.2 Å². The number of amides is 3. The number of para-hydroxylation sites is 1. The van der Waals surface area contributed by atoms with Gasteiger partial charge in [-0.3, -0.25) is 14.4 Å². The van der Waals surface area contributed by atoms with E-state index in [1.807, 2.05) is 32.0 Å². The van der Waals surface area contributed by atoms with Crippen molar-refractivity contribution in [1.29, 1.82) is 0 Å². The number of likely N-dealkylation sites (tertiary alicyclic amines) is 1. The van der Waals surface area contributed by atoms with Crippen LogP contribution in [-0.2, 0) is 19.1 Å². The second-order valence-corrected chi connectivity index (χ2v) is 13.1. The number of anilines is 1. The quantitative estimate of drug-likeness (QED) is 0.453. The smallest absolute Gasteiger partial charge is 0.246 e. The van der Waals surface area contributed by atoms with Crippen LogP contribution >= 0.6 is 15.9 Å². The van der Waals surface area contributed by atoms with Crippen LogP contribution in [0.3, 0.4) is 0 Å². The van der Waals surface area contributed by atoms with E-state index in [2.05, 4.69) is 47.3 Å². The summed E-state index contributed by atoms with van der Waals surface area (Å²) in [7, 11) is 0. The van der Waals surface area contributed by atoms with E-state index in [4.69, 9.17) is 4.74 Å². The summed E-state index contributed by atoms with van der Waals surface area (Å²) in [5.74, 6) is -2.47. The molecule has 3 amide bonds. The Balaban J connectivity index is 1.66. The number of aliphatic hydroxyl groups is 1. The van der Waals surface area contributed by atoms with Crippen molar-refractivity contribution in [3.63, 3.8) is 0 Å². The number of aliphatic hydroxyl groups excluding tert-OH is 1. The molecule has 35 heavy (non-hydrogen) atoms. The summed E-state index contributed by atoms with van der Waals surface area (Å²) < 4.78 is 6.45. The summed E-state index contributed by atoms with van der Waals surface area (Å²) >= 11 is 3.66. The third-order valence-electron chi connectivity index (χ3n) is 7.16. The molecular formula is C26H36BrN3O5. The molecule has 0 radical (unpaired) electrons. The molecule has 8 nitrogen and oxygen atoms in total. The zero-order valence-electron chi connectivity index (χ0n) is 21.0. The summed E-state index contributed by atoms with van der Waals surface area (Å²) in [5.41, 5.74) is -1.04. The number of hydrogen-bond acceptors (Lipinski definition) is 5. The first kappa shape index (κ1) is 26.1. The highest BCUT2D eigenvalue weighted by molar-refractivity contribution is 9.09. The molecule has 3 saturated heterocycles. The Morgan fingerprint density at radius 3 is 2.43 bits per heavy atom. The Kier molecular flexibility index (Phi) is 6.83. The predicted octanol–water partition coefficient (Wildman–Crippen LogP) is 2.70. The van der Waals surface area contributed by atoms with E-state index in [0.29, 0.717) is 12.1 Å².